The highest BCUT2D eigenvalue weighted by molar-refractivity contribution is 7.89. The number of carbonyl (C=O) groups excluding carboxylic acids is 1. The van der Waals surface area contributed by atoms with Crippen LogP contribution in [0.25, 0.3) is 0 Å². The first-order chi connectivity index (χ1) is 11.2. The molecule has 0 aliphatic carbocycles. The van der Waals surface area contributed by atoms with Crippen molar-refractivity contribution in [2.24, 2.45) is 0 Å². The lowest BCUT2D eigenvalue weighted by molar-refractivity contribution is -0.385. The topological polar surface area (TPSA) is 121 Å². The van der Waals surface area contributed by atoms with E-state index in [1.165, 1.54) is 30.9 Å². The molecule has 0 bridgehead atoms. The minimum Gasteiger partial charge on any atom is -0.395 e. The number of piperazine rings is 1. The van der Waals surface area contributed by atoms with E-state index in [-0.39, 0.29) is 60.4 Å². The van der Waals surface area contributed by atoms with Gasteiger partial charge in [-0.3, -0.25) is 14.9 Å². The van der Waals surface area contributed by atoms with Gasteiger partial charge < -0.3 is 10.0 Å². The summed E-state index contributed by atoms with van der Waals surface area (Å²) in [6.07, 6.45) is 0. The lowest BCUT2D eigenvalue weighted by atomic mass is 10.1. The third-order valence-corrected chi connectivity index (χ3v) is 6.06. The van der Waals surface area contributed by atoms with Crippen molar-refractivity contribution in [2.45, 2.75) is 18.7 Å². The van der Waals surface area contributed by atoms with Gasteiger partial charge in [0.1, 0.15) is 0 Å². The first-order valence-electron chi connectivity index (χ1n) is 7.33. The zero-order valence-electron chi connectivity index (χ0n) is 13.4. The Labute approximate surface area is 139 Å². The molecule has 1 aromatic rings. The molecule has 1 heterocycles. The molecule has 24 heavy (non-hydrogen) atoms. The average Bonchev–Trinajstić information content (AvgIpc) is 2.48. The SMILES string of the molecule is Cc1cc([N+](=O)[O-])cc(C)c1S(=O)(=O)N1CCN(CCO)C(=O)C1. The number of rotatable bonds is 5. The third kappa shape index (κ3) is 3.40. The van der Waals surface area contributed by atoms with Crippen molar-refractivity contribution in [3.8, 4) is 0 Å². The number of hydrogen-bond acceptors (Lipinski definition) is 6. The van der Waals surface area contributed by atoms with Crippen molar-refractivity contribution >= 4 is 21.6 Å². The van der Waals surface area contributed by atoms with E-state index in [9.17, 15) is 23.3 Å². The van der Waals surface area contributed by atoms with Crippen molar-refractivity contribution in [1.82, 2.24) is 9.21 Å². The lowest BCUT2D eigenvalue weighted by Gasteiger charge is -2.33. The zero-order chi connectivity index (χ0) is 18.1. The summed E-state index contributed by atoms with van der Waals surface area (Å²) in [5, 5.41) is 19.8. The van der Waals surface area contributed by atoms with E-state index in [2.05, 4.69) is 0 Å². The first kappa shape index (κ1) is 18.3. The van der Waals surface area contributed by atoms with Gasteiger partial charge in [-0.05, 0) is 25.0 Å². The Morgan fingerprint density at radius 2 is 1.83 bits per heavy atom. The van der Waals surface area contributed by atoms with Gasteiger partial charge in [0.15, 0.2) is 0 Å². The fourth-order valence-electron chi connectivity index (χ4n) is 2.82. The van der Waals surface area contributed by atoms with Gasteiger partial charge in [-0.2, -0.15) is 4.31 Å². The van der Waals surface area contributed by atoms with Crippen molar-refractivity contribution in [3.05, 3.63) is 33.4 Å². The number of nitro benzene ring substituents is 1. The number of benzene rings is 1. The lowest BCUT2D eigenvalue weighted by Crippen LogP contribution is -2.52. The Balaban J connectivity index is 2.35. The molecule has 0 aromatic heterocycles. The van der Waals surface area contributed by atoms with Crippen LogP contribution in [0.3, 0.4) is 0 Å². The van der Waals surface area contributed by atoms with Crippen molar-refractivity contribution in [1.29, 1.82) is 0 Å². The number of carbonyl (C=O) groups is 1. The molecule has 10 heteroatoms. The zero-order valence-corrected chi connectivity index (χ0v) is 14.2. The molecule has 1 saturated heterocycles. The fourth-order valence-corrected chi connectivity index (χ4v) is 4.61. The predicted octanol–water partition coefficient (Wildman–Crippen LogP) is 0.0368. The highest BCUT2D eigenvalue weighted by Gasteiger charge is 2.34. The van der Waals surface area contributed by atoms with Crippen LogP contribution in [-0.4, -0.2) is 66.3 Å². The van der Waals surface area contributed by atoms with Crippen LogP contribution in [0.15, 0.2) is 17.0 Å². The number of nitrogens with zero attached hydrogens (tertiary/aromatic N) is 3. The van der Waals surface area contributed by atoms with Gasteiger partial charge in [-0.25, -0.2) is 8.42 Å². The maximum Gasteiger partial charge on any atom is 0.270 e. The molecule has 132 valence electrons. The summed E-state index contributed by atoms with van der Waals surface area (Å²) in [7, 11) is -3.94. The molecule has 2 rings (SSSR count). The number of aryl methyl sites for hydroxylation is 2. The predicted molar refractivity (Wildman–Crippen MR) is 85.0 cm³/mol. The normalized spacial score (nSPS) is 16.5. The van der Waals surface area contributed by atoms with Gasteiger partial charge in [-0.1, -0.05) is 0 Å². The fraction of sp³-hybridized carbons (Fsp3) is 0.500. The standard InChI is InChI=1S/C14H19N3O6S/c1-10-7-12(17(20)21)8-11(2)14(10)24(22,23)16-4-3-15(5-6-18)13(19)9-16/h7-8,18H,3-6,9H2,1-2H3. The van der Waals surface area contributed by atoms with Crippen LogP contribution in [0.1, 0.15) is 11.1 Å². The Bertz CT molecular complexity index is 754. The molecule has 0 saturated carbocycles. The molecule has 0 spiro atoms. The first-order valence-corrected chi connectivity index (χ1v) is 8.77. The molecule has 1 aliphatic heterocycles. The molecule has 0 unspecified atom stereocenters. The van der Waals surface area contributed by atoms with Crippen LogP contribution in [-0.2, 0) is 14.8 Å². The number of aliphatic hydroxyl groups excluding tert-OH is 1. The minimum atomic E-state index is -3.94. The number of β-amino-alcohol motifs (C(OH)–C–C–N with tert-alkyl or cyclic N) is 1. The van der Waals surface area contributed by atoms with E-state index in [0.29, 0.717) is 0 Å². The van der Waals surface area contributed by atoms with Gasteiger partial charge in [0.05, 0.1) is 23.0 Å². The summed E-state index contributed by atoms with van der Waals surface area (Å²) in [5.74, 6) is -0.379. The monoisotopic (exact) mass is 357 g/mol. The highest BCUT2D eigenvalue weighted by Crippen LogP contribution is 2.28. The Kier molecular flexibility index (Phi) is 5.21. The minimum absolute atomic E-state index is 0.00323. The van der Waals surface area contributed by atoms with E-state index in [0.717, 1.165) is 4.31 Å². The average molecular weight is 357 g/mol. The van der Waals surface area contributed by atoms with E-state index in [4.69, 9.17) is 5.11 Å². The summed E-state index contributed by atoms with van der Waals surface area (Å²) in [6, 6.07) is 2.42. The van der Waals surface area contributed by atoms with Crippen molar-refractivity contribution < 1.29 is 23.2 Å². The molecule has 1 fully saturated rings. The van der Waals surface area contributed by atoms with E-state index in [1.807, 2.05) is 0 Å². The van der Waals surface area contributed by atoms with Crippen LogP contribution in [0, 0.1) is 24.0 Å². The second kappa shape index (κ2) is 6.83. The summed E-state index contributed by atoms with van der Waals surface area (Å²) < 4.78 is 26.8. The summed E-state index contributed by atoms with van der Waals surface area (Å²) in [6.45, 7) is 2.99. The molecule has 1 amide bonds. The number of non-ortho nitro benzene ring substituents is 1. The highest BCUT2D eigenvalue weighted by atomic mass is 32.2. The number of nitro groups is 1. The second-order valence-corrected chi connectivity index (χ2v) is 7.48. The number of sulfonamides is 1. The van der Waals surface area contributed by atoms with Gasteiger partial charge in [0.2, 0.25) is 15.9 Å². The van der Waals surface area contributed by atoms with Crippen LogP contribution < -0.4 is 0 Å². The number of hydrogen-bond donors (Lipinski definition) is 1. The Morgan fingerprint density at radius 3 is 2.29 bits per heavy atom. The van der Waals surface area contributed by atoms with Crippen molar-refractivity contribution in [3.63, 3.8) is 0 Å². The van der Waals surface area contributed by atoms with Gasteiger partial charge >= 0.3 is 0 Å². The van der Waals surface area contributed by atoms with Gasteiger partial charge in [0.25, 0.3) is 5.69 Å². The van der Waals surface area contributed by atoms with E-state index in [1.54, 1.807) is 0 Å². The van der Waals surface area contributed by atoms with Crippen molar-refractivity contribution in [2.75, 3.05) is 32.8 Å². The van der Waals surface area contributed by atoms with E-state index < -0.39 is 14.9 Å². The Hall–Kier alpha value is -2.04. The largest absolute Gasteiger partial charge is 0.395 e. The second-order valence-electron chi connectivity index (χ2n) is 5.61. The van der Waals surface area contributed by atoms with Crippen LogP contribution in [0.2, 0.25) is 0 Å². The maximum atomic E-state index is 12.9. The van der Waals surface area contributed by atoms with E-state index >= 15 is 0 Å². The van der Waals surface area contributed by atoms with Crippen LogP contribution in [0.5, 0.6) is 0 Å². The van der Waals surface area contributed by atoms with Crippen LogP contribution >= 0.6 is 0 Å². The molecular formula is C14H19N3O6S. The third-order valence-electron chi connectivity index (χ3n) is 3.91. The Morgan fingerprint density at radius 1 is 1.25 bits per heavy atom. The molecule has 1 N–H and O–H groups in total. The molecule has 1 aromatic carbocycles. The van der Waals surface area contributed by atoms with Gasteiger partial charge in [-0.15, -0.1) is 0 Å². The van der Waals surface area contributed by atoms with Crippen LogP contribution in [0.4, 0.5) is 5.69 Å². The van der Waals surface area contributed by atoms with Gasteiger partial charge in [0, 0.05) is 31.8 Å². The smallest absolute Gasteiger partial charge is 0.270 e. The number of aliphatic hydroxyl groups is 1. The number of amides is 1. The molecule has 1 aliphatic rings. The summed E-state index contributed by atoms with van der Waals surface area (Å²) in [4.78, 5) is 23.7. The molecular weight excluding hydrogens is 338 g/mol. The summed E-state index contributed by atoms with van der Waals surface area (Å²) in [5.41, 5.74) is 0.367. The molecule has 9 nitrogen and oxygen atoms in total. The molecule has 0 radical (unpaired) electrons. The quantitative estimate of drug-likeness (QED) is 0.586. The maximum absolute atomic E-state index is 12.9. The molecule has 0 atom stereocenters. The summed E-state index contributed by atoms with van der Waals surface area (Å²) >= 11 is 0.